The molecule has 0 aromatic heterocycles. The van der Waals surface area contributed by atoms with Crippen LogP contribution in [0.4, 0.5) is 22.0 Å². The van der Waals surface area contributed by atoms with Crippen molar-refractivity contribution >= 4 is 16.1 Å². The van der Waals surface area contributed by atoms with Gasteiger partial charge in [-0.3, -0.25) is 0 Å². The van der Waals surface area contributed by atoms with Crippen LogP contribution >= 0.6 is 0 Å². The molecule has 0 spiro atoms. The maximum atomic E-state index is 13.0. The summed E-state index contributed by atoms with van der Waals surface area (Å²) in [6.07, 6.45) is -10.7. The van der Waals surface area contributed by atoms with E-state index in [2.05, 4.69) is 14.2 Å². The van der Waals surface area contributed by atoms with E-state index in [1.807, 2.05) is 0 Å². The fraction of sp³-hybridized carbons (Fsp3) is 0.875. The lowest BCUT2D eigenvalue weighted by Gasteiger charge is -2.29. The zero-order valence-electron chi connectivity index (χ0n) is 9.93. The molecule has 1 rings (SSSR count). The van der Waals surface area contributed by atoms with Crippen molar-refractivity contribution < 1.29 is 53.9 Å². The quantitative estimate of drug-likeness (QED) is 0.278. The van der Waals surface area contributed by atoms with Gasteiger partial charge in [-0.1, -0.05) is 0 Å². The number of carbonyl (C=O) groups excluding carboxylic acids is 1. The van der Waals surface area contributed by atoms with Crippen molar-refractivity contribution in [2.45, 2.75) is 23.6 Å². The van der Waals surface area contributed by atoms with Gasteiger partial charge in [-0.05, 0) is 0 Å². The lowest BCUT2D eigenvalue weighted by atomic mass is 10.3. The van der Waals surface area contributed by atoms with Gasteiger partial charge in [0.15, 0.2) is 10.1 Å². The third kappa shape index (κ3) is 5.01. The number of halogens is 5. The highest BCUT2D eigenvalue weighted by Gasteiger charge is 2.62. The molecule has 0 amide bonds. The maximum absolute atomic E-state index is 13.0. The number of epoxide rings is 1. The molecule has 1 fully saturated rings. The summed E-state index contributed by atoms with van der Waals surface area (Å²) in [7, 11) is -6.70. The molecular weight excluding hydrogens is 335 g/mol. The smallest absolute Gasteiger partial charge is 0.432 e. The lowest BCUT2D eigenvalue weighted by molar-refractivity contribution is -0.260. The first-order valence-corrected chi connectivity index (χ1v) is 6.55. The topological polar surface area (TPSA) is 105 Å². The minimum atomic E-state index is -6.70. The highest BCUT2D eigenvalue weighted by Crippen LogP contribution is 2.37. The number of alkyl halides is 5. The van der Waals surface area contributed by atoms with Crippen LogP contribution in [0.1, 0.15) is 0 Å². The van der Waals surface area contributed by atoms with Gasteiger partial charge in [0.1, 0.15) is 12.7 Å². The van der Waals surface area contributed by atoms with E-state index in [4.69, 9.17) is 0 Å². The molecule has 21 heavy (non-hydrogen) atoms. The SMILES string of the molecule is O=C(COCC1CO1)OC(C(F)(F)F)C(F)(F)S(=O)(=O)[O-]. The Kier molecular flexibility index (Phi) is 5.13. The second-order valence-electron chi connectivity index (χ2n) is 3.90. The minimum Gasteiger partial charge on any atom is -0.743 e. The molecular formula is C8H8F5O7S-. The van der Waals surface area contributed by atoms with Crippen LogP contribution in [-0.2, 0) is 29.1 Å². The van der Waals surface area contributed by atoms with E-state index in [0.29, 0.717) is 6.61 Å². The first-order chi connectivity index (χ1) is 9.35. The van der Waals surface area contributed by atoms with Crippen LogP contribution in [0.25, 0.3) is 0 Å². The molecule has 0 aromatic rings. The molecule has 2 unspecified atom stereocenters. The Labute approximate surface area is 114 Å². The van der Waals surface area contributed by atoms with Gasteiger partial charge in [0.25, 0.3) is 6.10 Å². The van der Waals surface area contributed by atoms with E-state index in [0.717, 1.165) is 0 Å². The first kappa shape index (κ1) is 18.0. The lowest BCUT2D eigenvalue weighted by Crippen LogP contribution is -2.52. The van der Waals surface area contributed by atoms with Crippen molar-refractivity contribution in [2.75, 3.05) is 19.8 Å². The van der Waals surface area contributed by atoms with E-state index in [-0.39, 0.29) is 12.7 Å². The van der Waals surface area contributed by atoms with Crippen molar-refractivity contribution in [1.82, 2.24) is 0 Å². The molecule has 0 radical (unpaired) electrons. The Morgan fingerprint density at radius 3 is 2.24 bits per heavy atom. The molecule has 13 heteroatoms. The number of hydrogen-bond donors (Lipinski definition) is 0. The zero-order valence-corrected chi connectivity index (χ0v) is 10.7. The van der Waals surface area contributed by atoms with Crippen LogP contribution in [0, 0.1) is 0 Å². The monoisotopic (exact) mass is 343 g/mol. The van der Waals surface area contributed by atoms with Crippen molar-refractivity contribution in [3.63, 3.8) is 0 Å². The number of carbonyl (C=O) groups is 1. The zero-order chi connectivity index (χ0) is 16.5. The van der Waals surface area contributed by atoms with Gasteiger partial charge in [0.05, 0.1) is 13.2 Å². The van der Waals surface area contributed by atoms with Crippen molar-refractivity contribution in [1.29, 1.82) is 0 Å². The van der Waals surface area contributed by atoms with Crippen LogP contribution in [0.2, 0.25) is 0 Å². The molecule has 0 bridgehead atoms. The normalized spacial score (nSPS) is 21.0. The van der Waals surface area contributed by atoms with Crippen molar-refractivity contribution in [3.8, 4) is 0 Å². The average Bonchev–Trinajstić information content (AvgIpc) is 3.06. The average molecular weight is 343 g/mol. The van der Waals surface area contributed by atoms with Crippen LogP contribution in [0.15, 0.2) is 0 Å². The summed E-state index contributed by atoms with van der Waals surface area (Å²) in [5.41, 5.74) is 0. The molecule has 1 aliphatic heterocycles. The fourth-order valence-electron chi connectivity index (χ4n) is 1.06. The molecule has 0 saturated carbocycles. The van der Waals surface area contributed by atoms with Gasteiger partial charge in [-0.2, -0.15) is 22.0 Å². The number of hydrogen-bond acceptors (Lipinski definition) is 7. The van der Waals surface area contributed by atoms with Crippen LogP contribution in [0.5, 0.6) is 0 Å². The summed E-state index contributed by atoms with van der Waals surface area (Å²) in [6, 6.07) is 0. The Morgan fingerprint density at radius 2 is 1.86 bits per heavy atom. The number of rotatable bonds is 7. The second-order valence-corrected chi connectivity index (χ2v) is 5.35. The van der Waals surface area contributed by atoms with E-state index in [9.17, 15) is 39.7 Å². The van der Waals surface area contributed by atoms with Gasteiger partial charge in [-0.15, -0.1) is 0 Å². The maximum Gasteiger partial charge on any atom is 0.432 e. The third-order valence-corrected chi connectivity index (χ3v) is 2.99. The van der Waals surface area contributed by atoms with E-state index < -0.39 is 40.2 Å². The summed E-state index contributed by atoms with van der Waals surface area (Å²) >= 11 is 0. The van der Waals surface area contributed by atoms with Crippen LogP contribution in [0.3, 0.4) is 0 Å². The largest absolute Gasteiger partial charge is 0.743 e. The van der Waals surface area contributed by atoms with Gasteiger partial charge < -0.3 is 18.8 Å². The van der Waals surface area contributed by atoms with E-state index in [1.165, 1.54) is 0 Å². The number of ether oxygens (including phenoxy) is 3. The Balaban J connectivity index is 2.72. The molecule has 2 atom stereocenters. The summed E-state index contributed by atoms with van der Waals surface area (Å²) < 4.78 is 106. The van der Waals surface area contributed by atoms with Gasteiger partial charge in [0.2, 0.25) is 0 Å². The van der Waals surface area contributed by atoms with Crippen molar-refractivity contribution in [2.24, 2.45) is 0 Å². The van der Waals surface area contributed by atoms with Crippen LogP contribution in [-0.4, -0.2) is 62.4 Å². The highest BCUT2D eigenvalue weighted by atomic mass is 32.2. The highest BCUT2D eigenvalue weighted by molar-refractivity contribution is 7.86. The standard InChI is InChI=1S/C8H9F5O7S/c9-7(10,11)6(8(12,13)21(15,16)17)20-5(14)3-18-1-4-2-19-4/h4,6H,1-3H2,(H,15,16,17)/p-1. The number of esters is 1. The third-order valence-electron chi connectivity index (χ3n) is 2.11. The van der Waals surface area contributed by atoms with E-state index >= 15 is 0 Å². The summed E-state index contributed by atoms with van der Waals surface area (Å²) in [6.45, 7) is -1.00. The molecule has 0 N–H and O–H groups in total. The predicted molar refractivity (Wildman–Crippen MR) is 51.1 cm³/mol. The Bertz CT molecular complexity index is 484. The summed E-state index contributed by atoms with van der Waals surface area (Å²) in [5, 5.41) is -5.86. The summed E-state index contributed by atoms with van der Waals surface area (Å²) in [5.74, 6) is -1.90. The molecule has 0 aromatic carbocycles. The second kappa shape index (κ2) is 5.98. The fourth-order valence-corrected chi connectivity index (χ4v) is 1.50. The predicted octanol–water partition coefficient (Wildman–Crippen LogP) is 0.0139. The molecule has 124 valence electrons. The van der Waals surface area contributed by atoms with Gasteiger partial charge in [0, 0.05) is 0 Å². The molecule has 7 nitrogen and oxygen atoms in total. The van der Waals surface area contributed by atoms with E-state index in [1.54, 1.807) is 0 Å². The van der Waals surface area contributed by atoms with Crippen LogP contribution < -0.4 is 0 Å². The molecule has 1 saturated heterocycles. The Morgan fingerprint density at radius 1 is 1.33 bits per heavy atom. The molecule has 1 heterocycles. The van der Waals surface area contributed by atoms with Crippen molar-refractivity contribution in [3.05, 3.63) is 0 Å². The Hall–Kier alpha value is -1.05. The molecule has 1 aliphatic rings. The molecule has 0 aliphatic carbocycles. The minimum absolute atomic E-state index is 0.179. The first-order valence-electron chi connectivity index (χ1n) is 5.14. The summed E-state index contributed by atoms with van der Waals surface area (Å²) in [4.78, 5) is 11.0. The van der Waals surface area contributed by atoms with Gasteiger partial charge >= 0.3 is 17.4 Å². The van der Waals surface area contributed by atoms with Gasteiger partial charge in [-0.25, -0.2) is 13.2 Å².